The molecule has 106 valence electrons. The highest BCUT2D eigenvalue weighted by Crippen LogP contribution is 2.33. The number of alkyl halides is 1. The molecule has 20 heavy (non-hydrogen) atoms. The van der Waals surface area contributed by atoms with Gasteiger partial charge in [0.05, 0.1) is 5.38 Å². The minimum Gasteiger partial charge on any atom is -0.204 e. The predicted octanol–water partition coefficient (Wildman–Crippen LogP) is 5.76. The summed E-state index contributed by atoms with van der Waals surface area (Å²) in [6, 6.07) is 7.61. The van der Waals surface area contributed by atoms with Crippen LogP contribution in [0.5, 0.6) is 0 Å². The predicted molar refractivity (Wildman–Crippen MR) is 79.6 cm³/mol. The zero-order chi connectivity index (χ0) is 14.9. The number of halogens is 4. The first-order chi connectivity index (χ1) is 9.38. The SMILES string of the molecule is Cc1cc(Cl)c(C(Cl)Cc2ccc(F)c(F)c2)cc1C. The van der Waals surface area contributed by atoms with Crippen LogP contribution in [0.4, 0.5) is 8.78 Å². The van der Waals surface area contributed by atoms with Crippen LogP contribution >= 0.6 is 23.2 Å². The van der Waals surface area contributed by atoms with E-state index < -0.39 is 11.6 Å². The average molecular weight is 315 g/mol. The summed E-state index contributed by atoms with van der Waals surface area (Å²) < 4.78 is 26.1. The molecule has 0 aromatic heterocycles. The van der Waals surface area contributed by atoms with Crippen molar-refractivity contribution in [3.8, 4) is 0 Å². The molecular weight excluding hydrogens is 301 g/mol. The summed E-state index contributed by atoms with van der Waals surface area (Å²) in [7, 11) is 0. The second kappa shape index (κ2) is 6.11. The Morgan fingerprint density at radius 2 is 1.65 bits per heavy atom. The van der Waals surface area contributed by atoms with Crippen LogP contribution < -0.4 is 0 Å². The minimum atomic E-state index is -0.863. The number of aryl methyl sites for hydroxylation is 2. The van der Waals surface area contributed by atoms with Gasteiger partial charge in [-0.25, -0.2) is 8.78 Å². The summed E-state index contributed by atoms with van der Waals surface area (Å²) >= 11 is 12.6. The largest absolute Gasteiger partial charge is 0.204 e. The van der Waals surface area contributed by atoms with E-state index in [9.17, 15) is 8.78 Å². The Balaban J connectivity index is 2.25. The van der Waals surface area contributed by atoms with Crippen LogP contribution in [0.15, 0.2) is 30.3 Å². The van der Waals surface area contributed by atoms with Gasteiger partial charge in [-0.3, -0.25) is 0 Å². The molecule has 0 aliphatic heterocycles. The molecular formula is C16H14Cl2F2. The van der Waals surface area contributed by atoms with Gasteiger partial charge < -0.3 is 0 Å². The van der Waals surface area contributed by atoms with Crippen molar-refractivity contribution in [1.29, 1.82) is 0 Å². The molecule has 2 aromatic carbocycles. The summed E-state index contributed by atoms with van der Waals surface area (Å²) in [6.45, 7) is 3.96. The van der Waals surface area contributed by atoms with E-state index in [-0.39, 0.29) is 5.38 Å². The van der Waals surface area contributed by atoms with Gasteiger partial charge in [0, 0.05) is 5.02 Å². The van der Waals surface area contributed by atoms with E-state index in [4.69, 9.17) is 23.2 Å². The molecule has 0 saturated heterocycles. The molecule has 0 aliphatic rings. The molecule has 2 rings (SSSR count). The van der Waals surface area contributed by atoms with Crippen LogP contribution in [0.25, 0.3) is 0 Å². The van der Waals surface area contributed by atoms with Gasteiger partial charge in [-0.15, -0.1) is 11.6 Å². The second-order valence-corrected chi connectivity index (χ2v) is 5.81. The summed E-state index contributed by atoms with van der Waals surface area (Å²) in [5.74, 6) is -1.72. The Labute approximate surface area is 127 Å². The van der Waals surface area contributed by atoms with E-state index in [0.29, 0.717) is 17.0 Å². The fourth-order valence-electron chi connectivity index (χ4n) is 2.03. The lowest BCUT2D eigenvalue weighted by Gasteiger charge is -2.14. The topological polar surface area (TPSA) is 0 Å². The number of hydrogen-bond acceptors (Lipinski definition) is 0. The Bertz CT molecular complexity index is 639. The number of benzene rings is 2. The molecule has 0 spiro atoms. The van der Waals surface area contributed by atoms with Crippen LogP contribution in [0, 0.1) is 25.5 Å². The van der Waals surface area contributed by atoms with Gasteiger partial charge in [-0.2, -0.15) is 0 Å². The van der Waals surface area contributed by atoms with Crippen molar-refractivity contribution in [3.63, 3.8) is 0 Å². The maximum atomic E-state index is 13.2. The highest BCUT2D eigenvalue weighted by Gasteiger charge is 2.15. The Morgan fingerprint density at radius 1 is 1.00 bits per heavy atom. The normalized spacial score (nSPS) is 12.5. The molecule has 0 saturated carbocycles. The molecule has 1 unspecified atom stereocenters. The fourth-order valence-corrected chi connectivity index (χ4v) is 2.79. The third kappa shape index (κ3) is 3.31. The highest BCUT2D eigenvalue weighted by atomic mass is 35.5. The maximum absolute atomic E-state index is 13.2. The number of hydrogen-bond donors (Lipinski definition) is 0. The van der Waals surface area contributed by atoms with E-state index in [0.717, 1.165) is 22.8 Å². The highest BCUT2D eigenvalue weighted by molar-refractivity contribution is 6.32. The van der Waals surface area contributed by atoms with Gasteiger partial charge in [-0.1, -0.05) is 23.7 Å². The van der Waals surface area contributed by atoms with Gasteiger partial charge in [0.15, 0.2) is 11.6 Å². The third-order valence-corrected chi connectivity index (χ3v) is 4.07. The van der Waals surface area contributed by atoms with Crippen molar-refractivity contribution in [1.82, 2.24) is 0 Å². The lowest BCUT2D eigenvalue weighted by Crippen LogP contribution is -1.99. The Hall–Kier alpha value is -1.12. The summed E-state index contributed by atoms with van der Waals surface area (Å²) in [5, 5.41) is 0.211. The van der Waals surface area contributed by atoms with Gasteiger partial charge in [-0.05, 0) is 60.7 Å². The smallest absolute Gasteiger partial charge is 0.159 e. The first-order valence-corrected chi connectivity index (χ1v) is 7.04. The van der Waals surface area contributed by atoms with Gasteiger partial charge in [0.25, 0.3) is 0 Å². The molecule has 0 amide bonds. The van der Waals surface area contributed by atoms with Crippen molar-refractivity contribution in [2.45, 2.75) is 25.6 Å². The molecule has 0 bridgehead atoms. The first kappa shape index (κ1) is 15.3. The zero-order valence-electron chi connectivity index (χ0n) is 11.2. The molecule has 0 nitrogen and oxygen atoms in total. The second-order valence-electron chi connectivity index (χ2n) is 4.88. The van der Waals surface area contributed by atoms with E-state index >= 15 is 0 Å². The summed E-state index contributed by atoms with van der Waals surface area (Å²) in [4.78, 5) is 0. The van der Waals surface area contributed by atoms with Gasteiger partial charge in [0.1, 0.15) is 0 Å². The molecule has 0 N–H and O–H groups in total. The van der Waals surface area contributed by atoms with Crippen molar-refractivity contribution in [3.05, 3.63) is 69.2 Å². The van der Waals surface area contributed by atoms with E-state index in [1.165, 1.54) is 12.1 Å². The van der Waals surface area contributed by atoms with E-state index in [1.807, 2.05) is 26.0 Å². The molecule has 4 heteroatoms. The lowest BCUT2D eigenvalue weighted by atomic mass is 10.00. The fraction of sp³-hybridized carbons (Fsp3) is 0.250. The maximum Gasteiger partial charge on any atom is 0.159 e. The summed E-state index contributed by atoms with van der Waals surface area (Å²) in [6.07, 6.45) is 0.390. The van der Waals surface area contributed by atoms with E-state index in [1.54, 1.807) is 0 Å². The van der Waals surface area contributed by atoms with Crippen molar-refractivity contribution in [2.24, 2.45) is 0 Å². The van der Waals surface area contributed by atoms with Crippen LogP contribution in [-0.4, -0.2) is 0 Å². The zero-order valence-corrected chi connectivity index (χ0v) is 12.7. The Morgan fingerprint density at radius 3 is 2.30 bits per heavy atom. The van der Waals surface area contributed by atoms with Gasteiger partial charge in [0.2, 0.25) is 0 Å². The third-order valence-electron chi connectivity index (χ3n) is 3.35. The molecule has 0 radical (unpaired) electrons. The van der Waals surface area contributed by atoms with Crippen LogP contribution in [0.1, 0.15) is 27.6 Å². The molecule has 0 aliphatic carbocycles. The molecule has 2 aromatic rings. The Kier molecular flexibility index (Phi) is 4.66. The number of rotatable bonds is 3. The molecule has 0 heterocycles. The molecule has 0 fully saturated rings. The average Bonchev–Trinajstić information content (AvgIpc) is 2.38. The summed E-state index contributed by atoms with van der Waals surface area (Å²) in [5.41, 5.74) is 3.63. The van der Waals surface area contributed by atoms with Crippen molar-refractivity contribution >= 4 is 23.2 Å². The lowest BCUT2D eigenvalue weighted by molar-refractivity contribution is 0.507. The first-order valence-electron chi connectivity index (χ1n) is 6.23. The van der Waals surface area contributed by atoms with Crippen LogP contribution in [-0.2, 0) is 6.42 Å². The van der Waals surface area contributed by atoms with E-state index in [2.05, 4.69) is 0 Å². The van der Waals surface area contributed by atoms with Gasteiger partial charge >= 0.3 is 0 Å². The standard InChI is InChI=1S/C16H14Cl2F2/c1-9-5-12(13(17)6-10(9)2)14(18)7-11-3-4-15(19)16(20)8-11/h3-6,8,14H,7H2,1-2H3. The molecule has 1 atom stereocenters. The van der Waals surface area contributed by atoms with Crippen molar-refractivity contribution < 1.29 is 8.78 Å². The van der Waals surface area contributed by atoms with Crippen LogP contribution in [0.2, 0.25) is 5.02 Å². The van der Waals surface area contributed by atoms with Crippen molar-refractivity contribution in [2.75, 3.05) is 0 Å². The monoisotopic (exact) mass is 314 g/mol. The quantitative estimate of drug-likeness (QED) is 0.632. The minimum absolute atomic E-state index is 0.383. The van der Waals surface area contributed by atoms with Crippen LogP contribution in [0.3, 0.4) is 0 Å².